The fraction of sp³-hybridized carbons (Fsp3) is 0.238. The van der Waals surface area contributed by atoms with Crippen LogP contribution in [0.1, 0.15) is 16.7 Å². The van der Waals surface area contributed by atoms with Crippen molar-refractivity contribution >= 4 is 29.3 Å². The van der Waals surface area contributed by atoms with E-state index in [1.54, 1.807) is 38.1 Å². The molecule has 9 nitrogen and oxygen atoms in total. The van der Waals surface area contributed by atoms with Gasteiger partial charge in [-0.2, -0.15) is 0 Å². The molecule has 2 rings (SSSR count). The van der Waals surface area contributed by atoms with Gasteiger partial charge in [0.1, 0.15) is 17.2 Å². The number of methoxy groups -OCH3 is 2. The second-order valence-electron chi connectivity index (χ2n) is 6.26. The number of rotatable bonds is 8. The number of hydrogen-bond donors (Lipinski definition) is 1. The normalized spacial score (nSPS) is 10.5. The molecule has 2 aromatic rings. The molecule has 0 saturated heterocycles. The zero-order valence-electron chi connectivity index (χ0n) is 17.1. The van der Waals surface area contributed by atoms with E-state index < -0.39 is 23.4 Å². The zero-order chi connectivity index (χ0) is 22.3. The number of nitrogens with zero attached hydrogens (tertiary/aromatic N) is 1. The van der Waals surface area contributed by atoms with Crippen LogP contribution in [0.3, 0.4) is 0 Å². The Labute approximate surface area is 173 Å². The molecule has 0 spiro atoms. The molecule has 0 aromatic heterocycles. The number of esters is 1. The van der Waals surface area contributed by atoms with E-state index in [2.05, 4.69) is 5.32 Å². The molecule has 0 fully saturated rings. The number of carbonyl (C=O) groups is 2. The van der Waals surface area contributed by atoms with E-state index in [1.165, 1.54) is 26.4 Å². The Hall–Kier alpha value is -3.88. The number of nitrogens with one attached hydrogen (secondary N) is 1. The number of nitro benzene ring substituents is 1. The second kappa shape index (κ2) is 10.1. The van der Waals surface area contributed by atoms with E-state index >= 15 is 0 Å². The molecule has 0 aliphatic heterocycles. The minimum Gasteiger partial charge on any atom is -0.497 e. The molecule has 0 saturated carbocycles. The fourth-order valence-electron chi connectivity index (χ4n) is 2.59. The Morgan fingerprint density at radius 3 is 2.50 bits per heavy atom. The van der Waals surface area contributed by atoms with Crippen molar-refractivity contribution in [3.63, 3.8) is 0 Å². The molecule has 1 amide bonds. The Bertz CT molecular complexity index is 999. The molecule has 0 unspecified atom stereocenters. The highest BCUT2D eigenvalue weighted by atomic mass is 16.6. The monoisotopic (exact) mass is 414 g/mol. The number of nitro groups is 1. The van der Waals surface area contributed by atoms with E-state index in [9.17, 15) is 19.7 Å². The van der Waals surface area contributed by atoms with E-state index in [1.807, 2.05) is 0 Å². The lowest BCUT2D eigenvalue weighted by atomic mass is 10.1. The number of hydrogen-bond acceptors (Lipinski definition) is 7. The number of amides is 1. The van der Waals surface area contributed by atoms with Crippen LogP contribution in [0, 0.1) is 24.0 Å². The van der Waals surface area contributed by atoms with Gasteiger partial charge in [0.15, 0.2) is 6.61 Å². The lowest BCUT2D eigenvalue weighted by Gasteiger charge is -2.11. The molecule has 158 valence electrons. The highest BCUT2D eigenvalue weighted by Gasteiger charge is 2.19. The lowest BCUT2D eigenvalue weighted by molar-refractivity contribution is -0.384. The third-order valence-electron chi connectivity index (χ3n) is 4.36. The van der Waals surface area contributed by atoms with E-state index in [4.69, 9.17) is 14.2 Å². The molecular weight excluding hydrogens is 392 g/mol. The van der Waals surface area contributed by atoms with Crippen LogP contribution in [0.4, 0.5) is 11.4 Å². The van der Waals surface area contributed by atoms with Crippen LogP contribution in [0.15, 0.2) is 36.4 Å². The first-order valence-electron chi connectivity index (χ1n) is 8.88. The average molecular weight is 414 g/mol. The molecule has 0 aliphatic rings. The molecule has 2 aromatic carbocycles. The van der Waals surface area contributed by atoms with Crippen molar-refractivity contribution in [1.29, 1.82) is 0 Å². The van der Waals surface area contributed by atoms with Crippen molar-refractivity contribution in [2.24, 2.45) is 0 Å². The van der Waals surface area contributed by atoms with Crippen molar-refractivity contribution in [2.45, 2.75) is 13.8 Å². The van der Waals surface area contributed by atoms with Crippen molar-refractivity contribution in [3.05, 3.63) is 63.2 Å². The third kappa shape index (κ3) is 5.57. The maximum Gasteiger partial charge on any atom is 0.331 e. The standard InChI is InChI=1S/C21H22N2O7/c1-13-5-9-17(23(26)27)21(14(13)2)22-19(24)12-30-20(25)10-7-15-6-8-16(28-3)11-18(15)29-4/h5-11H,12H2,1-4H3,(H,22,24)/b10-7+. The van der Waals surface area contributed by atoms with Gasteiger partial charge in [0.25, 0.3) is 11.6 Å². The number of ether oxygens (including phenoxy) is 3. The Kier molecular flexibility index (Phi) is 7.51. The van der Waals surface area contributed by atoms with Crippen molar-refractivity contribution < 1.29 is 28.7 Å². The molecule has 0 radical (unpaired) electrons. The van der Waals surface area contributed by atoms with Crippen LogP contribution < -0.4 is 14.8 Å². The van der Waals surface area contributed by atoms with Crippen molar-refractivity contribution in [3.8, 4) is 11.5 Å². The molecule has 1 N–H and O–H groups in total. The second-order valence-corrected chi connectivity index (χ2v) is 6.26. The van der Waals surface area contributed by atoms with Gasteiger partial charge in [0, 0.05) is 23.8 Å². The van der Waals surface area contributed by atoms with E-state index in [0.717, 1.165) is 11.6 Å². The predicted octanol–water partition coefficient (Wildman–Crippen LogP) is 3.42. The summed E-state index contributed by atoms with van der Waals surface area (Å²) in [4.78, 5) is 34.7. The summed E-state index contributed by atoms with van der Waals surface area (Å²) in [5.74, 6) is -0.337. The minimum atomic E-state index is -0.751. The first-order valence-corrected chi connectivity index (χ1v) is 8.88. The summed E-state index contributed by atoms with van der Waals surface area (Å²) in [6, 6.07) is 7.98. The topological polar surface area (TPSA) is 117 Å². The van der Waals surface area contributed by atoms with E-state index in [0.29, 0.717) is 22.6 Å². The molecule has 0 atom stereocenters. The third-order valence-corrected chi connectivity index (χ3v) is 4.36. The van der Waals surface area contributed by atoms with Crippen LogP contribution in [0.2, 0.25) is 0 Å². The first-order chi connectivity index (χ1) is 14.3. The number of anilines is 1. The van der Waals surface area contributed by atoms with Crippen LogP contribution in [0.5, 0.6) is 11.5 Å². The Morgan fingerprint density at radius 1 is 1.13 bits per heavy atom. The summed E-state index contributed by atoms with van der Waals surface area (Å²) < 4.78 is 15.3. The summed E-state index contributed by atoms with van der Waals surface area (Å²) in [5.41, 5.74) is 1.81. The first kappa shape index (κ1) is 22.4. The van der Waals surface area contributed by atoms with Gasteiger partial charge in [-0.1, -0.05) is 6.07 Å². The Balaban J connectivity index is 2.01. The van der Waals surface area contributed by atoms with Crippen LogP contribution in [-0.4, -0.2) is 37.6 Å². The minimum absolute atomic E-state index is 0.0829. The van der Waals surface area contributed by atoms with E-state index in [-0.39, 0.29) is 11.4 Å². The van der Waals surface area contributed by atoms with Gasteiger partial charge >= 0.3 is 5.97 Å². The van der Waals surface area contributed by atoms with Gasteiger partial charge in [-0.05, 0) is 43.2 Å². The molecule has 0 bridgehead atoms. The quantitative estimate of drug-likeness (QED) is 0.304. The summed E-state index contributed by atoms with van der Waals surface area (Å²) >= 11 is 0. The largest absolute Gasteiger partial charge is 0.497 e. The highest BCUT2D eigenvalue weighted by molar-refractivity contribution is 5.97. The zero-order valence-corrected chi connectivity index (χ0v) is 17.1. The maximum absolute atomic E-state index is 12.1. The van der Waals surface area contributed by atoms with Crippen LogP contribution in [-0.2, 0) is 14.3 Å². The number of benzene rings is 2. The molecule has 9 heteroatoms. The predicted molar refractivity (Wildman–Crippen MR) is 111 cm³/mol. The van der Waals surface area contributed by atoms with Gasteiger partial charge in [-0.25, -0.2) is 4.79 Å². The van der Waals surface area contributed by atoms with Crippen molar-refractivity contribution in [2.75, 3.05) is 26.1 Å². The maximum atomic E-state index is 12.1. The summed E-state index contributed by atoms with van der Waals surface area (Å²) in [6.45, 7) is 2.84. The van der Waals surface area contributed by atoms with Gasteiger partial charge < -0.3 is 19.5 Å². The van der Waals surface area contributed by atoms with Gasteiger partial charge in [0.05, 0.1) is 19.1 Å². The SMILES string of the molecule is COc1ccc(/C=C/C(=O)OCC(=O)Nc2c([N+](=O)[O-])ccc(C)c2C)c(OC)c1. The van der Waals surface area contributed by atoms with Crippen molar-refractivity contribution in [1.82, 2.24) is 0 Å². The van der Waals surface area contributed by atoms with Crippen LogP contribution >= 0.6 is 0 Å². The van der Waals surface area contributed by atoms with Gasteiger partial charge in [-0.15, -0.1) is 0 Å². The highest BCUT2D eigenvalue weighted by Crippen LogP contribution is 2.30. The van der Waals surface area contributed by atoms with Gasteiger partial charge in [0.2, 0.25) is 0 Å². The number of aryl methyl sites for hydroxylation is 1. The summed E-state index contributed by atoms with van der Waals surface area (Å²) in [5, 5.41) is 13.6. The van der Waals surface area contributed by atoms with Gasteiger partial charge in [-0.3, -0.25) is 14.9 Å². The summed E-state index contributed by atoms with van der Waals surface area (Å²) in [7, 11) is 3.01. The van der Waals surface area contributed by atoms with Crippen LogP contribution in [0.25, 0.3) is 6.08 Å². The molecule has 0 heterocycles. The Morgan fingerprint density at radius 2 is 1.87 bits per heavy atom. The molecule has 0 aliphatic carbocycles. The smallest absolute Gasteiger partial charge is 0.331 e. The fourth-order valence-corrected chi connectivity index (χ4v) is 2.59. The number of carbonyl (C=O) groups excluding carboxylic acids is 2. The average Bonchev–Trinajstić information content (AvgIpc) is 2.73. The molecular formula is C21H22N2O7. The molecule has 30 heavy (non-hydrogen) atoms. The summed E-state index contributed by atoms with van der Waals surface area (Å²) in [6.07, 6.45) is 2.63. The lowest BCUT2D eigenvalue weighted by Crippen LogP contribution is -2.21.